The Balaban J connectivity index is 0.000000151. The fourth-order valence-corrected chi connectivity index (χ4v) is 19.3. The summed E-state index contributed by atoms with van der Waals surface area (Å²) in [5, 5.41) is 8.84. The Kier molecular flexibility index (Phi) is 26.7. The van der Waals surface area contributed by atoms with Crippen molar-refractivity contribution in [1.82, 2.24) is 42.8 Å². The second kappa shape index (κ2) is 35.8. The van der Waals surface area contributed by atoms with Crippen LogP contribution in [0.15, 0.2) is 109 Å². The van der Waals surface area contributed by atoms with Crippen molar-refractivity contribution in [1.29, 1.82) is 0 Å². The molecule has 618 valence electrons. The third kappa shape index (κ3) is 16.2. The number of likely N-dealkylation sites (tertiary alicyclic amines) is 2. The van der Waals surface area contributed by atoms with Gasteiger partial charge in [-0.3, -0.25) is 38.4 Å². The number of benzene rings is 8. The standard InChI is InChI=1S/2C24H26N2O2.C23H27N3O3.C23H26N2O3.4CH4/c2*1-15(27)16-5-8-21-20(14-16)24-19-7-10-23(28)18(19)6-9-22(24)26(21)13-11-17-4-3-12-25(17)2;1-14(27)16-11-17-20(12-21(16)29-5)26(10-6-9-24(2)3)19-8-7-15-18(22(17)19)13-25(4)23(15)28;1-14(26)17-12-18-20(13-22(17)28-4)25(11-5-10-24(2)3)19-8-6-15-16(23(18)19)7-9-21(15)27;;;;/h2*5-6,8-9,14,17H,3-4,7,10-13H2,1-2H3;7-8,11-12H,6,9-10,13H2,1-5H3;6,8,12-13H,5,7,9-11H2,1-4H3;4*1H4/t17-;;;;;;;/m0......./s1. The summed E-state index contributed by atoms with van der Waals surface area (Å²) in [6.45, 7) is 14.9. The number of hydrogen-bond donors (Lipinski definition) is 0. The van der Waals surface area contributed by atoms with Gasteiger partial charge in [0.25, 0.3) is 5.91 Å². The van der Waals surface area contributed by atoms with Crippen molar-refractivity contribution in [3.8, 4) is 11.5 Å². The summed E-state index contributed by atoms with van der Waals surface area (Å²) in [4.78, 5) is 109. The van der Waals surface area contributed by atoms with Gasteiger partial charge in [-0.25, -0.2) is 0 Å². The van der Waals surface area contributed by atoms with Crippen molar-refractivity contribution in [2.75, 3.05) is 89.7 Å². The van der Waals surface area contributed by atoms with Crippen molar-refractivity contribution in [3.63, 3.8) is 0 Å². The zero-order valence-corrected chi connectivity index (χ0v) is 67.9. The van der Waals surface area contributed by atoms with Crippen LogP contribution in [0.25, 0.3) is 87.2 Å². The molecule has 1 amide bonds. The second-order valence-corrected chi connectivity index (χ2v) is 32.8. The van der Waals surface area contributed by atoms with E-state index in [-0.39, 0.29) is 76.1 Å². The average molecular weight is 1590 g/mol. The summed E-state index contributed by atoms with van der Waals surface area (Å²) in [6.07, 6.45) is 13.5. The Labute approximate surface area is 689 Å². The van der Waals surface area contributed by atoms with E-state index in [4.69, 9.17) is 9.47 Å². The van der Waals surface area contributed by atoms with Gasteiger partial charge in [0.2, 0.25) is 0 Å². The average Bonchev–Trinajstić information content (AvgIpc) is 1.59. The molecule has 3 aliphatic carbocycles. The van der Waals surface area contributed by atoms with Gasteiger partial charge >= 0.3 is 0 Å². The number of aryl methyl sites for hydroxylation is 7. The first-order chi connectivity index (χ1) is 54.3. The van der Waals surface area contributed by atoms with E-state index in [2.05, 4.69) is 110 Å². The van der Waals surface area contributed by atoms with E-state index < -0.39 is 0 Å². The van der Waals surface area contributed by atoms with Gasteiger partial charge in [0.1, 0.15) is 11.5 Å². The molecule has 2 atom stereocenters. The SMILES string of the molecule is C.C.C.C.CC(=O)c1ccc2c(c1)c1c3c(ccc1n2CCC1CCCN1C)C(=O)CC3.CC(=O)c1ccc2c(c1)c1c3c(ccc1n2CC[C@@H]1CCCN1C)C(=O)CC3.COc1cc2c(cc1C(C)=O)c1c3c(ccc1n2CCCN(C)C)C(=O)CC3.COc1cc2c(cc1C(C)=O)c1c3c(ccc1n2CCCN(C)C)C(=O)N(C)C3. The van der Waals surface area contributed by atoms with Crippen LogP contribution in [0.3, 0.4) is 0 Å². The molecule has 8 aromatic carbocycles. The van der Waals surface area contributed by atoms with Crippen molar-refractivity contribution < 1.29 is 47.8 Å². The van der Waals surface area contributed by atoms with Crippen LogP contribution in [0.2, 0.25) is 0 Å². The Morgan fingerprint density at radius 3 is 1.05 bits per heavy atom. The molecule has 19 nitrogen and oxygen atoms in total. The smallest absolute Gasteiger partial charge is 0.254 e. The molecule has 1 unspecified atom stereocenters. The quantitative estimate of drug-likeness (QED) is 0.0655. The summed E-state index contributed by atoms with van der Waals surface area (Å²) in [5.74, 6) is 2.06. The van der Waals surface area contributed by atoms with E-state index >= 15 is 0 Å². The number of methoxy groups -OCH3 is 2. The molecule has 19 heteroatoms. The van der Waals surface area contributed by atoms with Gasteiger partial charge in [-0.15, -0.1) is 0 Å². The number of ether oxygens (including phenoxy) is 2. The van der Waals surface area contributed by atoms with Crippen LogP contribution in [0, 0.1) is 0 Å². The zero-order valence-electron chi connectivity index (χ0n) is 67.9. The van der Waals surface area contributed by atoms with Crippen LogP contribution in [0.1, 0.15) is 233 Å². The van der Waals surface area contributed by atoms with Gasteiger partial charge < -0.3 is 52.2 Å². The Morgan fingerprint density at radius 2 is 0.726 bits per heavy atom. The van der Waals surface area contributed by atoms with Gasteiger partial charge in [0, 0.05) is 193 Å². The highest BCUT2D eigenvalue weighted by molar-refractivity contribution is 6.21. The molecule has 0 saturated carbocycles. The first kappa shape index (κ1) is 87.4. The molecule has 2 fully saturated rings. The second-order valence-electron chi connectivity index (χ2n) is 32.8. The van der Waals surface area contributed by atoms with E-state index in [1.165, 1.54) is 82.7 Å². The monoisotopic (exact) mass is 1580 g/mol. The number of rotatable bonds is 20. The third-order valence-corrected chi connectivity index (χ3v) is 25.1. The van der Waals surface area contributed by atoms with Crippen LogP contribution >= 0.6 is 0 Å². The van der Waals surface area contributed by atoms with Gasteiger partial charge in [-0.2, -0.15) is 0 Å². The summed E-state index contributed by atoms with van der Waals surface area (Å²) in [6, 6.07) is 37.5. The molecule has 6 aliphatic rings. The molecule has 117 heavy (non-hydrogen) atoms. The number of carbonyl (C=O) groups excluding carboxylic acids is 8. The fraction of sp³-hybridized carbons (Fsp3) is 0.429. The Bertz CT molecular complexity index is 5760. The number of carbonyl (C=O) groups is 8. The van der Waals surface area contributed by atoms with E-state index in [9.17, 15) is 38.4 Å². The van der Waals surface area contributed by atoms with Crippen molar-refractivity contribution in [3.05, 3.63) is 176 Å². The van der Waals surface area contributed by atoms with Crippen LogP contribution in [0.5, 0.6) is 11.5 Å². The highest BCUT2D eigenvalue weighted by Gasteiger charge is 2.33. The van der Waals surface area contributed by atoms with E-state index in [1.54, 1.807) is 46.8 Å². The lowest BCUT2D eigenvalue weighted by Crippen LogP contribution is -2.26. The fourth-order valence-electron chi connectivity index (χ4n) is 19.3. The van der Waals surface area contributed by atoms with Crippen molar-refractivity contribution in [2.24, 2.45) is 0 Å². The third-order valence-electron chi connectivity index (χ3n) is 25.1. The maximum atomic E-state index is 12.5. The Hall–Kier alpha value is -10.4. The number of Topliss-reactive ketones (excluding diaryl/α,β-unsaturated/α-hetero) is 7. The molecule has 7 heterocycles. The molecule has 12 aromatic rings. The number of aromatic nitrogens is 4. The van der Waals surface area contributed by atoms with Crippen LogP contribution in [0.4, 0.5) is 0 Å². The van der Waals surface area contributed by atoms with Crippen molar-refractivity contribution >= 4 is 134 Å². The molecule has 0 N–H and O–H groups in total. The highest BCUT2D eigenvalue weighted by atomic mass is 16.5. The molecular formula is C98H121N9O10. The van der Waals surface area contributed by atoms with Crippen LogP contribution < -0.4 is 9.47 Å². The predicted molar refractivity (Wildman–Crippen MR) is 478 cm³/mol. The number of fused-ring (bicyclic) bond motifs is 20. The highest BCUT2D eigenvalue weighted by Crippen LogP contribution is 2.45. The predicted octanol–water partition coefficient (Wildman–Crippen LogP) is 19.4. The maximum absolute atomic E-state index is 12.5. The topological polar surface area (TPSA) is 191 Å². The summed E-state index contributed by atoms with van der Waals surface area (Å²) < 4.78 is 20.5. The van der Waals surface area contributed by atoms with Gasteiger partial charge in [-0.05, 0) is 286 Å². The van der Waals surface area contributed by atoms with Crippen LogP contribution in [-0.4, -0.2) is 191 Å². The summed E-state index contributed by atoms with van der Waals surface area (Å²) >= 11 is 0. The minimum atomic E-state index is -0.0296. The molecule has 0 bridgehead atoms. The summed E-state index contributed by atoms with van der Waals surface area (Å²) in [5.41, 5.74) is 19.6. The Morgan fingerprint density at radius 1 is 0.393 bits per heavy atom. The minimum Gasteiger partial charge on any atom is -0.496 e. The van der Waals surface area contributed by atoms with E-state index in [0.717, 1.165) is 183 Å². The van der Waals surface area contributed by atoms with Crippen molar-refractivity contribution in [2.45, 2.75) is 192 Å². The lowest BCUT2D eigenvalue weighted by atomic mass is 10.0. The normalized spacial score (nSPS) is 16.1. The minimum absolute atomic E-state index is 0. The van der Waals surface area contributed by atoms with Gasteiger partial charge in [-0.1, -0.05) is 29.7 Å². The molecule has 18 rings (SSSR count). The number of amides is 1. The molecule has 0 spiro atoms. The number of ketones is 7. The molecule has 4 aromatic heterocycles. The van der Waals surface area contributed by atoms with E-state index in [0.29, 0.717) is 60.5 Å². The zero-order chi connectivity index (χ0) is 79.7. The number of hydrogen-bond acceptors (Lipinski definition) is 14. The first-order valence-corrected chi connectivity index (χ1v) is 40.4. The first-order valence-electron chi connectivity index (χ1n) is 40.4. The van der Waals surface area contributed by atoms with Gasteiger partial charge in [0.15, 0.2) is 40.5 Å². The molecule has 3 aliphatic heterocycles. The molecular weight excluding hydrogens is 1460 g/mol. The van der Waals surface area contributed by atoms with Crippen LogP contribution in [-0.2, 0) is 52.0 Å². The number of nitrogens with zero attached hydrogens (tertiary/aromatic N) is 9. The maximum Gasteiger partial charge on any atom is 0.254 e. The van der Waals surface area contributed by atoms with E-state index in [1.807, 2.05) is 85.9 Å². The van der Waals surface area contributed by atoms with Gasteiger partial charge in [0.05, 0.1) is 36.4 Å². The molecule has 0 radical (unpaired) electrons. The largest absolute Gasteiger partial charge is 0.496 e. The molecule has 2 saturated heterocycles. The lowest BCUT2D eigenvalue weighted by Gasteiger charge is -2.20. The lowest BCUT2D eigenvalue weighted by molar-refractivity contribution is 0.0814. The summed E-state index contributed by atoms with van der Waals surface area (Å²) in [7, 11) is 17.8.